The Hall–Kier alpha value is -2.35. The summed E-state index contributed by atoms with van der Waals surface area (Å²) < 4.78 is 40.7. The lowest BCUT2D eigenvalue weighted by Crippen LogP contribution is -2.07. The molecule has 0 unspecified atom stereocenters. The quantitative estimate of drug-likeness (QED) is 0.719. The minimum absolute atomic E-state index is 0. The molecule has 1 heterocycles. The maximum absolute atomic E-state index is 13.1. The zero-order valence-electron chi connectivity index (χ0n) is 13.7. The van der Waals surface area contributed by atoms with Gasteiger partial charge in [0.05, 0.1) is 11.4 Å². The molecule has 0 atom stereocenters. The SMILES string of the molecule is Cl.NCc1ccc(-c2cc(C(F)(F)F)nn2-c2ccc(CN)cc2)cc1. The fourth-order valence-electron chi connectivity index (χ4n) is 2.51. The highest BCUT2D eigenvalue weighted by Gasteiger charge is 2.35. The third-order valence-corrected chi connectivity index (χ3v) is 3.90. The van der Waals surface area contributed by atoms with Gasteiger partial charge in [0.15, 0.2) is 5.69 Å². The molecule has 2 aromatic carbocycles. The summed E-state index contributed by atoms with van der Waals surface area (Å²) in [5, 5.41) is 3.76. The largest absolute Gasteiger partial charge is 0.435 e. The van der Waals surface area contributed by atoms with Crippen molar-refractivity contribution in [2.45, 2.75) is 19.3 Å². The van der Waals surface area contributed by atoms with E-state index in [2.05, 4.69) is 5.10 Å². The average Bonchev–Trinajstić information content (AvgIpc) is 3.07. The van der Waals surface area contributed by atoms with Gasteiger partial charge >= 0.3 is 6.18 Å². The molecule has 8 heteroatoms. The molecule has 4 N–H and O–H groups in total. The fraction of sp³-hybridized carbons (Fsp3) is 0.167. The van der Waals surface area contributed by atoms with Gasteiger partial charge in [0.1, 0.15) is 0 Å². The molecule has 0 amide bonds. The van der Waals surface area contributed by atoms with E-state index in [1.165, 1.54) is 4.68 Å². The van der Waals surface area contributed by atoms with Gasteiger partial charge in [-0.05, 0) is 29.3 Å². The van der Waals surface area contributed by atoms with Gasteiger partial charge in [-0.15, -0.1) is 12.4 Å². The Balaban J connectivity index is 0.00000243. The standard InChI is InChI=1S/C18H17F3N4.ClH/c19-18(20,21)17-9-16(14-5-1-12(10-22)2-6-14)25(24-17)15-7-3-13(11-23)4-8-15;/h1-9H,10-11,22-23H2;1H. The normalized spacial score (nSPS) is 11.3. The molecule has 0 fully saturated rings. The third-order valence-electron chi connectivity index (χ3n) is 3.90. The summed E-state index contributed by atoms with van der Waals surface area (Å²) in [4.78, 5) is 0. The van der Waals surface area contributed by atoms with E-state index in [0.29, 0.717) is 30.0 Å². The Morgan fingerprint density at radius 1 is 0.846 bits per heavy atom. The zero-order chi connectivity index (χ0) is 18.0. The molecular formula is C18H18ClF3N4. The first-order chi connectivity index (χ1) is 11.9. The van der Waals surface area contributed by atoms with E-state index in [1.807, 2.05) is 0 Å². The van der Waals surface area contributed by atoms with Crippen molar-refractivity contribution in [3.05, 3.63) is 71.4 Å². The lowest BCUT2D eigenvalue weighted by molar-refractivity contribution is -0.141. The van der Waals surface area contributed by atoms with E-state index in [9.17, 15) is 13.2 Å². The number of alkyl halides is 3. The Kier molecular flexibility index (Phi) is 6.07. The topological polar surface area (TPSA) is 69.9 Å². The van der Waals surface area contributed by atoms with Crippen LogP contribution in [0.5, 0.6) is 0 Å². The summed E-state index contributed by atoms with van der Waals surface area (Å²) >= 11 is 0. The van der Waals surface area contributed by atoms with Crippen molar-refractivity contribution in [3.8, 4) is 16.9 Å². The van der Waals surface area contributed by atoms with Crippen LogP contribution in [0.25, 0.3) is 16.9 Å². The van der Waals surface area contributed by atoms with Crippen molar-refractivity contribution < 1.29 is 13.2 Å². The molecule has 4 nitrogen and oxygen atoms in total. The van der Waals surface area contributed by atoms with Gasteiger partial charge in [0.25, 0.3) is 0 Å². The van der Waals surface area contributed by atoms with Crippen LogP contribution in [0.15, 0.2) is 54.6 Å². The predicted molar refractivity (Wildman–Crippen MR) is 97.0 cm³/mol. The second-order valence-corrected chi connectivity index (χ2v) is 5.60. The summed E-state index contributed by atoms with van der Waals surface area (Å²) in [6, 6.07) is 15.1. The van der Waals surface area contributed by atoms with Gasteiger partial charge in [-0.25, -0.2) is 4.68 Å². The van der Waals surface area contributed by atoms with Crippen molar-refractivity contribution in [2.75, 3.05) is 0 Å². The van der Waals surface area contributed by atoms with E-state index in [0.717, 1.165) is 17.2 Å². The van der Waals surface area contributed by atoms with Crippen LogP contribution in [0.1, 0.15) is 16.8 Å². The van der Waals surface area contributed by atoms with E-state index in [-0.39, 0.29) is 12.4 Å². The highest BCUT2D eigenvalue weighted by molar-refractivity contribution is 5.85. The van der Waals surface area contributed by atoms with Gasteiger partial charge in [-0.3, -0.25) is 0 Å². The van der Waals surface area contributed by atoms with Gasteiger partial charge < -0.3 is 11.5 Å². The molecule has 138 valence electrons. The van der Waals surface area contributed by atoms with E-state index >= 15 is 0 Å². The van der Waals surface area contributed by atoms with Crippen LogP contribution in [-0.4, -0.2) is 9.78 Å². The number of halogens is 4. The molecule has 0 aliphatic rings. The molecule has 3 aromatic rings. The van der Waals surface area contributed by atoms with Crippen molar-refractivity contribution in [2.24, 2.45) is 11.5 Å². The molecular weight excluding hydrogens is 365 g/mol. The maximum Gasteiger partial charge on any atom is 0.435 e. The lowest BCUT2D eigenvalue weighted by Gasteiger charge is -2.09. The maximum atomic E-state index is 13.1. The highest BCUT2D eigenvalue weighted by atomic mass is 35.5. The minimum Gasteiger partial charge on any atom is -0.326 e. The van der Waals surface area contributed by atoms with E-state index in [1.54, 1.807) is 48.5 Å². The first-order valence-corrected chi connectivity index (χ1v) is 7.68. The Labute approximate surface area is 155 Å². The molecule has 1 aromatic heterocycles. The first kappa shape index (κ1) is 20.0. The number of nitrogens with zero attached hydrogens (tertiary/aromatic N) is 2. The van der Waals surface area contributed by atoms with Gasteiger partial charge in [0, 0.05) is 18.7 Å². The predicted octanol–water partition coefficient (Wildman–Crippen LogP) is 3.90. The minimum atomic E-state index is -4.52. The molecule has 0 aliphatic carbocycles. The highest BCUT2D eigenvalue weighted by Crippen LogP contribution is 2.33. The second-order valence-electron chi connectivity index (χ2n) is 5.60. The molecule has 0 spiro atoms. The summed E-state index contributed by atoms with van der Waals surface area (Å²) in [7, 11) is 0. The van der Waals surface area contributed by atoms with E-state index < -0.39 is 11.9 Å². The molecule has 0 aliphatic heterocycles. The molecule has 3 rings (SSSR count). The van der Waals surface area contributed by atoms with Crippen molar-refractivity contribution in [1.29, 1.82) is 0 Å². The Morgan fingerprint density at radius 3 is 1.81 bits per heavy atom. The van der Waals surface area contributed by atoms with Crippen LogP contribution in [0.4, 0.5) is 13.2 Å². The average molecular weight is 383 g/mol. The molecule has 26 heavy (non-hydrogen) atoms. The Bertz CT molecular complexity index is 791. The fourth-order valence-corrected chi connectivity index (χ4v) is 2.51. The number of hydrogen-bond acceptors (Lipinski definition) is 3. The van der Waals surface area contributed by atoms with Crippen molar-refractivity contribution in [3.63, 3.8) is 0 Å². The van der Waals surface area contributed by atoms with Gasteiger partial charge in [0.2, 0.25) is 0 Å². The number of hydrogen-bond donors (Lipinski definition) is 2. The van der Waals surface area contributed by atoms with E-state index in [4.69, 9.17) is 11.5 Å². The molecule has 0 radical (unpaired) electrons. The summed E-state index contributed by atoms with van der Waals surface area (Å²) in [5.41, 5.74) is 13.5. The molecule has 0 saturated heterocycles. The van der Waals surface area contributed by atoms with Crippen LogP contribution >= 0.6 is 12.4 Å². The summed E-state index contributed by atoms with van der Waals surface area (Å²) in [5.74, 6) is 0. The van der Waals surface area contributed by atoms with Crippen LogP contribution in [0.3, 0.4) is 0 Å². The van der Waals surface area contributed by atoms with Crippen molar-refractivity contribution >= 4 is 12.4 Å². The Morgan fingerprint density at radius 2 is 1.35 bits per heavy atom. The first-order valence-electron chi connectivity index (χ1n) is 7.68. The number of nitrogens with two attached hydrogens (primary N) is 2. The third kappa shape index (κ3) is 4.07. The van der Waals surface area contributed by atoms with Crippen LogP contribution < -0.4 is 11.5 Å². The molecule has 0 saturated carbocycles. The van der Waals surface area contributed by atoms with Crippen LogP contribution in [0.2, 0.25) is 0 Å². The molecule has 0 bridgehead atoms. The van der Waals surface area contributed by atoms with Crippen molar-refractivity contribution in [1.82, 2.24) is 9.78 Å². The number of rotatable bonds is 4. The van der Waals surface area contributed by atoms with Crippen LogP contribution in [-0.2, 0) is 19.3 Å². The number of benzene rings is 2. The lowest BCUT2D eigenvalue weighted by atomic mass is 10.1. The smallest absolute Gasteiger partial charge is 0.326 e. The van der Waals surface area contributed by atoms with Gasteiger partial charge in [-0.1, -0.05) is 36.4 Å². The van der Waals surface area contributed by atoms with Gasteiger partial charge in [-0.2, -0.15) is 18.3 Å². The van der Waals surface area contributed by atoms with Crippen LogP contribution in [0, 0.1) is 0 Å². The monoisotopic (exact) mass is 382 g/mol. The number of aromatic nitrogens is 2. The zero-order valence-corrected chi connectivity index (χ0v) is 14.5. The summed E-state index contributed by atoms with van der Waals surface area (Å²) in [6.45, 7) is 0.731. The second kappa shape index (κ2) is 7.90. The summed E-state index contributed by atoms with van der Waals surface area (Å²) in [6.07, 6.45) is -4.52.